The maximum Gasteiger partial charge on any atom is -0.00131 e. The van der Waals surface area contributed by atoms with Gasteiger partial charge in [-0.15, -0.1) is 0 Å². The minimum Gasteiger partial charge on any atom is -0.304 e. The molecule has 0 aliphatic heterocycles. The molecular formula is C18H31N. The molecule has 1 rings (SSSR count). The van der Waals surface area contributed by atoms with E-state index in [0.29, 0.717) is 11.8 Å². The monoisotopic (exact) mass is 261 g/mol. The van der Waals surface area contributed by atoms with Gasteiger partial charge in [-0.1, -0.05) is 58.9 Å². The molecule has 0 heterocycles. The zero-order valence-corrected chi connectivity index (χ0v) is 13.4. The Morgan fingerprint density at radius 1 is 0.895 bits per heavy atom. The molecule has 0 aliphatic carbocycles. The normalized spacial score (nSPS) is 13.2. The highest BCUT2D eigenvalue weighted by Gasteiger charge is 2.11. The molecule has 0 radical (unpaired) electrons. The van der Waals surface area contributed by atoms with E-state index in [1.807, 2.05) is 0 Å². The summed E-state index contributed by atoms with van der Waals surface area (Å²) in [6, 6.07) is 9.29. The second-order valence-corrected chi connectivity index (χ2v) is 5.74. The third-order valence-corrected chi connectivity index (χ3v) is 4.26. The molecule has 0 aromatic heterocycles. The highest BCUT2D eigenvalue weighted by atomic mass is 15.1. The SMILES string of the molecule is CCC(CCN(CC)CC)c1ccc(C(C)C)cc1. The third-order valence-electron chi connectivity index (χ3n) is 4.26. The molecule has 1 aromatic carbocycles. The van der Waals surface area contributed by atoms with Crippen LogP contribution in [0.4, 0.5) is 0 Å². The van der Waals surface area contributed by atoms with Gasteiger partial charge in [0, 0.05) is 0 Å². The number of benzene rings is 1. The lowest BCUT2D eigenvalue weighted by Crippen LogP contribution is -2.25. The number of hydrogen-bond acceptors (Lipinski definition) is 1. The Labute approximate surface area is 120 Å². The maximum atomic E-state index is 2.52. The standard InChI is InChI=1S/C18H31N/c1-6-16(13-14-19(7-2)8-3)18-11-9-17(10-12-18)15(4)5/h9-12,15-16H,6-8,13-14H2,1-5H3. The molecule has 108 valence electrons. The molecule has 0 fully saturated rings. The topological polar surface area (TPSA) is 3.24 Å². The van der Waals surface area contributed by atoms with E-state index in [4.69, 9.17) is 0 Å². The van der Waals surface area contributed by atoms with Crippen LogP contribution in [0.3, 0.4) is 0 Å². The van der Waals surface area contributed by atoms with Crippen molar-refractivity contribution in [2.45, 2.75) is 59.3 Å². The fourth-order valence-electron chi connectivity index (χ4n) is 2.64. The molecule has 0 saturated carbocycles. The van der Waals surface area contributed by atoms with E-state index in [1.165, 1.54) is 43.6 Å². The second-order valence-electron chi connectivity index (χ2n) is 5.74. The molecule has 0 amide bonds. The number of nitrogens with zero attached hydrogens (tertiary/aromatic N) is 1. The lowest BCUT2D eigenvalue weighted by molar-refractivity contribution is 0.289. The Balaban J connectivity index is 2.63. The van der Waals surface area contributed by atoms with Gasteiger partial charge < -0.3 is 4.90 Å². The largest absolute Gasteiger partial charge is 0.304 e. The average molecular weight is 261 g/mol. The first-order chi connectivity index (χ1) is 9.12. The predicted molar refractivity (Wildman–Crippen MR) is 86.0 cm³/mol. The van der Waals surface area contributed by atoms with Crippen LogP contribution in [0.25, 0.3) is 0 Å². The summed E-state index contributed by atoms with van der Waals surface area (Å²) >= 11 is 0. The van der Waals surface area contributed by atoms with Crippen molar-refractivity contribution in [3.05, 3.63) is 35.4 Å². The predicted octanol–water partition coefficient (Wildman–Crippen LogP) is 5.04. The van der Waals surface area contributed by atoms with Gasteiger partial charge in [-0.05, 0) is 55.4 Å². The van der Waals surface area contributed by atoms with Crippen molar-refractivity contribution in [3.8, 4) is 0 Å². The molecule has 19 heavy (non-hydrogen) atoms. The van der Waals surface area contributed by atoms with Crippen molar-refractivity contribution in [2.24, 2.45) is 0 Å². The summed E-state index contributed by atoms with van der Waals surface area (Å²) in [6.45, 7) is 14.9. The summed E-state index contributed by atoms with van der Waals surface area (Å²) < 4.78 is 0. The molecular weight excluding hydrogens is 230 g/mol. The first kappa shape index (κ1) is 16.2. The molecule has 0 spiro atoms. The Morgan fingerprint density at radius 2 is 1.42 bits per heavy atom. The van der Waals surface area contributed by atoms with Gasteiger partial charge in [0.25, 0.3) is 0 Å². The van der Waals surface area contributed by atoms with Gasteiger partial charge >= 0.3 is 0 Å². The van der Waals surface area contributed by atoms with E-state index >= 15 is 0 Å². The molecule has 1 heteroatoms. The van der Waals surface area contributed by atoms with Gasteiger partial charge in [-0.25, -0.2) is 0 Å². The van der Waals surface area contributed by atoms with Crippen LogP contribution in [0.5, 0.6) is 0 Å². The summed E-state index contributed by atoms with van der Waals surface area (Å²) in [4.78, 5) is 2.52. The van der Waals surface area contributed by atoms with Gasteiger partial charge in [0.2, 0.25) is 0 Å². The Kier molecular flexibility index (Phi) is 7.15. The van der Waals surface area contributed by atoms with Gasteiger partial charge in [0.1, 0.15) is 0 Å². The zero-order valence-electron chi connectivity index (χ0n) is 13.4. The Hall–Kier alpha value is -0.820. The maximum absolute atomic E-state index is 2.52. The Morgan fingerprint density at radius 3 is 1.84 bits per heavy atom. The van der Waals surface area contributed by atoms with E-state index < -0.39 is 0 Å². The van der Waals surface area contributed by atoms with Gasteiger partial charge in [-0.3, -0.25) is 0 Å². The van der Waals surface area contributed by atoms with E-state index in [2.05, 4.69) is 63.8 Å². The quantitative estimate of drug-likeness (QED) is 0.634. The van der Waals surface area contributed by atoms with Crippen LogP contribution in [-0.2, 0) is 0 Å². The lowest BCUT2D eigenvalue weighted by atomic mass is 9.91. The van der Waals surface area contributed by atoms with Crippen molar-refractivity contribution >= 4 is 0 Å². The van der Waals surface area contributed by atoms with Gasteiger partial charge in [0.15, 0.2) is 0 Å². The minimum atomic E-state index is 0.629. The fraction of sp³-hybridized carbons (Fsp3) is 0.667. The van der Waals surface area contributed by atoms with Crippen molar-refractivity contribution < 1.29 is 0 Å². The first-order valence-corrected chi connectivity index (χ1v) is 7.94. The summed E-state index contributed by atoms with van der Waals surface area (Å²) in [6.07, 6.45) is 2.52. The first-order valence-electron chi connectivity index (χ1n) is 7.94. The minimum absolute atomic E-state index is 0.629. The molecule has 1 atom stereocenters. The van der Waals surface area contributed by atoms with E-state index in [9.17, 15) is 0 Å². The highest BCUT2D eigenvalue weighted by Crippen LogP contribution is 2.25. The lowest BCUT2D eigenvalue weighted by Gasteiger charge is -2.22. The molecule has 1 aromatic rings. The Bertz CT molecular complexity index is 335. The smallest absolute Gasteiger partial charge is 0.00131 e. The van der Waals surface area contributed by atoms with Crippen LogP contribution in [0.15, 0.2) is 24.3 Å². The average Bonchev–Trinajstić information content (AvgIpc) is 2.44. The fourth-order valence-corrected chi connectivity index (χ4v) is 2.64. The van der Waals surface area contributed by atoms with Gasteiger partial charge in [0.05, 0.1) is 0 Å². The summed E-state index contributed by atoms with van der Waals surface area (Å²) in [5, 5.41) is 0. The van der Waals surface area contributed by atoms with Crippen molar-refractivity contribution in [1.82, 2.24) is 4.90 Å². The van der Waals surface area contributed by atoms with E-state index in [-0.39, 0.29) is 0 Å². The number of rotatable bonds is 8. The van der Waals surface area contributed by atoms with Crippen LogP contribution >= 0.6 is 0 Å². The zero-order chi connectivity index (χ0) is 14.3. The van der Waals surface area contributed by atoms with Crippen LogP contribution in [0.1, 0.15) is 70.4 Å². The molecule has 0 N–H and O–H groups in total. The van der Waals surface area contributed by atoms with E-state index in [1.54, 1.807) is 0 Å². The molecule has 0 aliphatic rings. The molecule has 1 nitrogen and oxygen atoms in total. The van der Waals surface area contributed by atoms with Crippen LogP contribution < -0.4 is 0 Å². The molecule has 0 bridgehead atoms. The molecule has 1 unspecified atom stereocenters. The number of hydrogen-bond donors (Lipinski definition) is 0. The second kappa shape index (κ2) is 8.37. The summed E-state index contributed by atoms with van der Waals surface area (Å²) in [5.41, 5.74) is 2.96. The van der Waals surface area contributed by atoms with E-state index in [0.717, 1.165) is 0 Å². The van der Waals surface area contributed by atoms with Crippen molar-refractivity contribution in [2.75, 3.05) is 19.6 Å². The van der Waals surface area contributed by atoms with Crippen LogP contribution in [0.2, 0.25) is 0 Å². The van der Waals surface area contributed by atoms with Crippen molar-refractivity contribution in [3.63, 3.8) is 0 Å². The summed E-state index contributed by atoms with van der Waals surface area (Å²) in [5.74, 6) is 1.34. The van der Waals surface area contributed by atoms with Crippen molar-refractivity contribution in [1.29, 1.82) is 0 Å². The van der Waals surface area contributed by atoms with Gasteiger partial charge in [-0.2, -0.15) is 0 Å². The van der Waals surface area contributed by atoms with Crippen LogP contribution in [-0.4, -0.2) is 24.5 Å². The third kappa shape index (κ3) is 4.99. The molecule has 0 saturated heterocycles. The highest BCUT2D eigenvalue weighted by molar-refractivity contribution is 5.27. The summed E-state index contributed by atoms with van der Waals surface area (Å²) in [7, 11) is 0. The van der Waals surface area contributed by atoms with Crippen LogP contribution in [0, 0.1) is 0 Å².